The van der Waals surface area contributed by atoms with Crippen LogP contribution in [0.2, 0.25) is 0 Å². The lowest BCUT2D eigenvalue weighted by Crippen LogP contribution is -2.38. The number of nitrogens with zero attached hydrogens (tertiary/aromatic N) is 2. The van der Waals surface area contributed by atoms with Crippen LogP contribution in [0.5, 0.6) is 0 Å². The van der Waals surface area contributed by atoms with Crippen molar-refractivity contribution in [3.8, 4) is 12.3 Å². The van der Waals surface area contributed by atoms with Gasteiger partial charge in [0.15, 0.2) is 5.92 Å². The van der Waals surface area contributed by atoms with Gasteiger partial charge in [0.1, 0.15) is 5.82 Å². The van der Waals surface area contributed by atoms with Crippen molar-refractivity contribution in [2.24, 2.45) is 11.0 Å². The molecule has 96 valence electrons. The number of halogens is 1. The second-order valence-corrected chi connectivity index (χ2v) is 3.79. The van der Waals surface area contributed by atoms with Gasteiger partial charge in [-0.25, -0.2) is 9.40 Å². The summed E-state index contributed by atoms with van der Waals surface area (Å²) in [4.78, 5) is 23.6. The van der Waals surface area contributed by atoms with Crippen LogP contribution in [-0.2, 0) is 9.59 Å². The first-order valence-electron chi connectivity index (χ1n) is 5.48. The molecule has 1 N–H and O–H groups in total. The highest BCUT2D eigenvalue weighted by molar-refractivity contribution is 6.21. The van der Waals surface area contributed by atoms with E-state index in [1.54, 1.807) is 0 Å². The van der Waals surface area contributed by atoms with Gasteiger partial charge < -0.3 is 5.32 Å². The molecule has 5 nitrogen and oxygen atoms in total. The topological polar surface area (TPSA) is 61.8 Å². The number of carbonyl (C=O) groups is 2. The third kappa shape index (κ3) is 2.60. The molecular formula is C13H10FN3O2. The molecule has 1 aromatic carbocycles. The summed E-state index contributed by atoms with van der Waals surface area (Å²) in [7, 11) is 0. The second-order valence-electron chi connectivity index (χ2n) is 3.79. The van der Waals surface area contributed by atoms with Crippen molar-refractivity contribution in [2.75, 3.05) is 11.6 Å². The number of hydrogen-bond acceptors (Lipinski definition) is 3. The Labute approximate surface area is 109 Å². The number of rotatable bonds is 3. The van der Waals surface area contributed by atoms with E-state index in [2.05, 4.69) is 16.3 Å². The highest BCUT2D eigenvalue weighted by Crippen LogP contribution is 2.21. The lowest BCUT2D eigenvalue weighted by molar-refractivity contribution is -0.130. The van der Waals surface area contributed by atoms with Gasteiger partial charge in [-0.05, 0) is 24.3 Å². The molecule has 19 heavy (non-hydrogen) atoms. The van der Waals surface area contributed by atoms with Gasteiger partial charge >= 0.3 is 0 Å². The maximum absolute atomic E-state index is 12.8. The fraction of sp³-hybridized carbons (Fsp3) is 0.154. The monoisotopic (exact) mass is 259 g/mol. The van der Waals surface area contributed by atoms with Gasteiger partial charge in [0, 0.05) is 6.21 Å². The molecule has 2 amide bonds. The van der Waals surface area contributed by atoms with Crippen LogP contribution in [0.25, 0.3) is 0 Å². The summed E-state index contributed by atoms with van der Waals surface area (Å²) in [6, 6.07) is 5.24. The van der Waals surface area contributed by atoms with Crippen LogP contribution in [-0.4, -0.2) is 24.6 Å². The molecule has 2 rings (SSSR count). The molecular weight excluding hydrogens is 249 g/mol. The molecule has 0 saturated heterocycles. The lowest BCUT2D eigenvalue weighted by Gasteiger charge is -2.13. The van der Waals surface area contributed by atoms with Crippen LogP contribution in [0.15, 0.2) is 29.4 Å². The first-order chi connectivity index (χ1) is 9.13. The smallest absolute Gasteiger partial charge is 0.265 e. The van der Waals surface area contributed by atoms with Crippen LogP contribution in [0.3, 0.4) is 0 Å². The Kier molecular flexibility index (Phi) is 3.57. The molecule has 0 spiro atoms. The molecule has 1 aliphatic heterocycles. The molecule has 0 radical (unpaired) electrons. The molecule has 1 unspecified atom stereocenters. The van der Waals surface area contributed by atoms with Gasteiger partial charge in [0.05, 0.1) is 12.2 Å². The Morgan fingerprint density at radius 3 is 2.79 bits per heavy atom. The van der Waals surface area contributed by atoms with Gasteiger partial charge in [-0.2, -0.15) is 5.10 Å². The Hall–Kier alpha value is -2.68. The van der Waals surface area contributed by atoms with E-state index in [0.717, 1.165) is 5.01 Å². The van der Waals surface area contributed by atoms with Crippen molar-refractivity contribution in [2.45, 2.75) is 0 Å². The average Bonchev–Trinajstić information content (AvgIpc) is 2.79. The molecule has 6 heteroatoms. The van der Waals surface area contributed by atoms with E-state index >= 15 is 0 Å². The number of hydrogen-bond donors (Lipinski definition) is 1. The molecule has 0 aliphatic carbocycles. The summed E-state index contributed by atoms with van der Waals surface area (Å²) in [5, 5.41) is 7.32. The average molecular weight is 259 g/mol. The van der Waals surface area contributed by atoms with Crippen molar-refractivity contribution in [3.63, 3.8) is 0 Å². The standard InChI is InChI=1S/C13H10FN3O2/c1-2-7-15-12(18)11-8-16-17(13(11)19)10-5-3-9(14)4-6-10/h1,3-6,8,11H,7H2,(H,15,18). The van der Waals surface area contributed by atoms with E-state index in [0.29, 0.717) is 5.69 Å². The molecule has 0 saturated carbocycles. The summed E-state index contributed by atoms with van der Waals surface area (Å²) < 4.78 is 12.8. The fourth-order valence-corrected chi connectivity index (χ4v) is 1.59. The van der Waals surface area contributed by atoms with Gasteiger partial charge in [0.25, 0.3) is 5.91 Å². The SMILES string of the molecule is C#CCNC(=O)C1C=NN(c2ccc(F)cc2)C1=O. The molecule has 1 heterocycles. The molecule has 1 aromatic rings. The number of terminal acetylenes is 1. The maximum atomic E-state index is 12.8. The molecule has 1 aliphatic rings. The van der Waals surface area contributed by atoms with Crippen LogP contribution < -0.4 is 10.3 Å². The first kappa shape index (κ1) is 12.8. The number of nitrogens with one attached hydrogen (secondary N) is 1. The largest absolute Gasteiger partial charge is 0.344 e. The lowest BCUT2D eigenvalue weighted by atomic mass is 10.1. The summed E-state index contributed by atoms with van der Waals surface area (Å²) in [5.41, 5.74) is 0.398. The predicted octanol–water partition coefficient (Wildman–Crippen LogP) is 0.524. The van der Waals surface area contributed by atoms with Crippen molar-refractivity contribution < 1.29 is 14.0 Å². The molecule has 0 aromatic heterocycles. The normalized spacial score (nSPS) is 17.4. The second kappa shape index (κ2) is 5.31. The van der Waals surface area contributed by atoms with Crippen molar-refractivity contribution in [1.29, 1.82) is 0 Å². The summed E-state index contributed by atoms with van der Waals surface area (Å²) >= 11 is 0. The van der Waals surface area contributed by atoms with Crippen LogP contribution in [0.1, 0.15) is 0 Å². The van der Waals surface area contributed by atoms with Crippen molar-refractivity contribution in [3.05, 3.63) is 30.1 Å². The Morgan fingerprint density at radius 1 is 1.47 bits per heavy atom. The Bertz CT molecular complexity index is 575. The number of amides is 2. The van der Waals surface area contributed by atoms with Gasteiger partial charge in [-0.1, -0.05) is 5.92 Å². The summed E-state index contributed by atoms with van der Waals surface area (Å²) in [6.07, 6.45) is 6.25. The Balaban J connectivity index is 2.10. The molecule has 0 bridgehead atoms. The minimum atomic E-state index is -1.00. The number of benzene rings is 1. The van der Waals surface area contributed by atoms with E-state index in [1.807, 2.05) is 0 Å². The van der Waals surface area contributed by atoms with E-state index in [9.17, 15) is 14.0 Å². The van der Waals surface area contributed by atoms with Crippen molar-refractivity contribution >= 4 is 23.7 Å². The number of carbonyl (C=O) groups excluding carboxylic acids is 2. The van der Waals surface area contributed by atoms with Crippen LogP contribution >= 0.6 is 0 Å². The minimum Gasteiger partial charge on any atom is -0.344 e. The van der Waals surface area contributed by atoms with E-state index in [4.69, 9.17) is 6.42 Å². The first-order valence-corrected chi connectivity index (χ1v) is 5.48. The zero-order chi connectivity index (χ0) is 13.8. The number of anilines is 1. The Morgan fingerprint density at radius 2 is 2.16 bits per heavy atom. The number of hydrazone groups is 1. The summed E-state index contributed by atoms with van der Waals surface area (Å²) in [6.45, 7) is 0.0486. The minimum absolute atomic E-state index is 0.0486. The van der Waals surface area contributed by atoms with Gasteiger partial charge in [-0.15, -0.1) is 6.42 Å². The van der Waals surface area contributed by atoms with Gasteiger partial charge in [0.2, 0.25) is 5.91 Å². The maximum Gasteiger partial charge on any atom is 0.265 e. The van der Waals surface area contributed by atoms with Crippen LogP contribution in [0, 0.1) is 24.1 Å². The third-order valence-corrected chi connectivity index (χ3v) is 2.52. The van der Waals surface area contributed by atoms with E-state index in [-0.39, 0.29) is 6.54 Å². The highest BCUT2D eigenvalue weighted by atomic mass is 19.1. The quantitative estimate of drug-likeness (QED) is 0.635. The third-order valence-electron chi connectivity index (χ3n) is 2.52. The van der Waals surface area contributed by atoms with E-state index in [1.165, 1.54) is 30.5 Å². The van der Waals surface area contributed by atoms with E-state index < -0.39 is 23.5 Å². The predicted molar refractivity (Wildman–Crippen MR) is 67.7 cm³/mol. The fourth-order valence-electron chi connectivity index (χ4n) is 1.59. The van der Waals surface area contributed by atoms with Gasteiger partial charge in [-0.3, -0.25) is 9.59 Å². The molecule has 1 atom stereocenters. The zero-order valence-corrected chi connectivity index (χ0v) is 9.84. The van der Waals surface area contributed by atoms with Crippen molar-refractivity contribution in [1.82, 2.24) is 5.32 Å². The zero-order valence-electron chi connectivity index (χ0n) is 9.84. The van der Waals surface area contributed by atoms with Crippen LogP contribution in [0.4, 0.5) is 10.1 Å². The summed E-state index contributed by atoms with van der Waals surface area (Å²) in [5.74, 6) is -0.175. The molecule has 0 fully saturated rings. The highest BCUT2D eigenvalue weighted by Gasteiger charge is 2.34.